The van der Waals surface area contributed by atoms with E-state index in [-0.39, 0.29) is 11.9 Å². The maximum atomic E-state index is 11.9. The molecule has 1 aliphatic rings. The lowest BCUT2D eigenvalue weighted by atomic mass is 9.99. The number of nitrogens with zero attached hydrogens (tertiary/aromatic N) is 4. The SMILES string of the molecule is CC(=O)N1CCc2[nH]nc(Nc3cc(C#N)cc(-c4c[nH]nc4C)c3)c2C1C. The molecule has 1 unspecified atom stereocenters. The number of hydrogen-bond donors (Lipinski definition) is 3. The lowest BCUT2D eigenvalue weighted by Crippen LogP contribution is -2.37. The van der Waals surface area contributed by atoms with Gasteiger partial charge in [-0.2, -0.15) is 15.5 Å². The first-order valence-electron chi connectivity index (χ1n) is 9.15. The van der Waals surface area contributed by atoms with Gasteiger partial charge in [0.05, 0.1) is 23.4 Å². The van der Waals surface area contributed by atoms with Crippen molar-refractivity contribution in [3.8, 4) is 17.2 Å². The Hall–Kier alpha value is -3.60. The van der Waals surface area contributed by atoms with E-state index in [0.29, 0.717) is 17.9 Å². The number of nitriles is 1. The summed E-state index contributed by atoms with van der Waals surface area (Å²) in [4.78, 5) is 13.8. The number of carbonyl (C=O) groups is 1. The maximum Gasteiger partial charge on any atom is 0.219 e. The number of carbonyl (C=O) groups excluding carboxylic acids is 1. The maximum absolute atomic E-state index is 11.9. The Labute approximate surface area is 162 Å². The Morgan fingerprint density at radius 2 is 2.18 bits per heavy atom. The predicted octanol–water partition coefficient (Wildman–Crippen LogP) is 3.19. The average molecular weight is 375 g/mol. The first-order valence-corrected chi connectivity index (χ1v) is 9.15. The molecule has 3 heterocycles. The largest absolute Gasteiger partial charge is 0.338 e. The lowest BCUT2D eigenvalue weighted by molar-refractivity contribution is -0.131. The summed E-state index contributed by atoms with van der Waals surface area (Å²) in [5.74, 6) is 0.730. The molecule has 0 bridgehead atoms. The van der Waals surface area contributed by atoms with Crippen LogP contribution in [0.3, 0.4) is 0 Å². The first kappa shape index (κ1) is 17.8. The molecule has 3 N–H and O–H groups in total. The Kier molecular flexibility index (Phi) is 4.35. The minimum Gasteiger partial charge on any atom is -0.338 e. The van der Waals surface area contributed by atoms with Crippen LogP contribution < -0.4 is 5.32 Å². The molecule has 4 rings (SSSR count). The number of aromatic amines is 2. The van der Waals surface area contributed by atoms with Crippen LogP contribution in [0.5, 0.6) is 0 Å². The van der Waals surface area contributed by atoms with Gasteiger partial charge < -0.3 is 10.2 Å². The van der Waals surface area contributed by atoms with E-state index < -0.39 is 0 Å². The van der Waals surface area contributed by atoms with Crippen LogP contribution in [0.15, 0.2) is 24.4 Å². The predicted molar refractivity (Wildman–Crippen MR) is 105 cm³/mol. The number of aryl methyl sites for hydroxylation is 1. The molecule has 8 nitrogen and oxygen atoms in total. The lowest BCUT2D eigenvalue weighted by Gasteiger charge is -2.32. The molecule has 0 saturated carbocycles. The monoisotopic (exact) mass is 375 g/mol. The van der Waals surface area contributed by atoms with Gasteiger partial charge in [-0.05, 0) is 37.6 Å². The van der Waals surface area contributed by atoms with Crippen molar-refractivity contribution in [3.63, 3.8) is 0 Å². The van der Waals surface area contributed by atoms with E-state index in [9.17, 15) is 10.1 Å². The third kappa shape index (κ3) is 3.01. The van der Waals surface area contributed by atoms with E-state index in [1.165, 1.54) is 0 Å². The number of rotatable bonds is 3. The van der Waals surface area contributed by atoms with Gasteiger partial charge in [0.15, 0.2) is 5.82 Å². The molecule has 142 valence electrons. The second-order valence-electron chi connectivity index (χ2n) is 7.02. The summed E-state index contributed by atoms with van der Waals surface area (Å²) >= 11 is 0. The highest BCUT2D eigenvalue weighted by atomic mass is 16.2. The van der Waals surface area contributed by atoms with E-state index in [1.807, 2.05) is 37.1 Å². The fraction of sp³-hybridized carbons (Fsp3) is 0.300. The zero-order chi connectivity index (χ0) is 19.8. The molecule has 2 aromatic heterocycles. The van der Waals surface area contributed by atoms with Crippen LogP contribution in [0.1, 0.15) is 42.4 Å². The Balaban J connectivity index is 1.72. The van der Waals surface area contributed by atoms with Crippen molar-refractivity contribution >= 4 is 17.4 Å². The zero-order valence-electron chi connectivity index (χ0n) is 16.0. The fourth-order valence-corrected chi connectivity index (χ4v) is 3.84. The van der Waals surface area contributed by atoms with E-state index in [4.69, 9.17) is 0 Å². The molecule has 0 saturated heterocycles. The van der Waals surface area contributed by atoms with Gasteiger partial charge in [-0.25, -0.2) is 0 Å². The van der Waals surface area contributed by atoms with Crippen molar-refractivity contribution in [2.75, 3.05) is 11.9 Å². The molecule has 0 fully saturated rings. The second-order valence-corrected chi connectivity index (χ2v) is 7.02. The van der Waals surface area contributed by atoms with Gasteiger partial charge in [0, 0.05) is 48.6 Å². The van der Waals surface area contributed by atoms with E-state index in [0.717, 1.165) is 40.2 Å². The first-order chi connectivity index (χ1) is 13.5. The highest BCUT2D eigenvalue weighted by Crippen LogP contribution is 2.35. The van der Waals surface area contributed by atoms with Gasteiger partial charge in [-0.3, -0.25) is 15.0 Å². The van der Waals surface area contributed by atoms with E-state index in [1.54, 1.807) is 13.0 Å². The molecular weight excluding hydrogens is 354 g/mol. The van der Waals surface area contributed by atoms with Crippen molar-refractivity contribution in [1.29, 1.82) is 5.26 Å². The van der Waals surface area contributed by atoms with Crippen LogP contribution in [-0.2, 0) is 11.2 Å². The number of anilines is 2. The van der Waals surface area contributed by atoms with Crippen molar-refractivity contribution in [2.45, 2.75) is 33.2 Å². The van der Waals surface area contributed by atoms with Gasteiger partial charge in [-0.1, -0.05) is 0 Å². The third-order valence-corrected chi connectivity index (χ3v) is 5.24. The van der Waals surface area contributed by atoms with E-state index >= 15 is 0 Å². The zero-order valence-corrected chi connectivity index (χ0v) is 16.0. The highest BCUT2D eigenvalue weighted by molar-refractivity contribution is 5.76. The van der Waals surface area contributed by atoms with Gasteiger partial charge >= 0.3 is 0 Å². The summed E-state index contributed by atoms with van der Waals surface area (Å²) in [6.45, 7) is 6.19. The van der Waals surface area contributed by atoms with Crippen LogP contribution in [0, 0.1) is 18.3 Å². The summed E-state index contributed by atoms with van der Waals surface area (Å²) in [6.07, 6.45) is 2.56. The Bertz CT molecular complexity index is 1090. The standard InChI is InChI=1S/C20H21N7O/c1-11-17(10-22-24-11)15-6-14(9-21)7-16(8-15)23-20-19-12(2)27(13(3)28)5-4-18(19)25-26-20/h6-8,10,12H,4-5H2,1-3H3,(H,22,24)(H2,23,25,26). The average Bonchev–Trinajstić information content (AvgIpc) is 3.28. The number of nitrogens with one attached hydrogen (secondary N) is 3. The molecule has 28 heavy (non-hydrogen) atoms. The molecule has 0 spiro atoms. The molecule has 3 aromatic rings. The molecule has 1 amide bonds. The van der Waals surface area contributed by atoms with Crippen LogP contribution in [0.4, 0.5) is 11.5 Å². The quantitative estimate of drug-likeness (QED) is 0.650. The Morgan fingerprint density at radius 1 is 1.36 bits per heavy atom. The third-order valence-electron chi connectivity index (χ3n) is 5.24. The minimum atomic E-state index is -0.0720. The summed E-state index contributed by atoms with van der Waals surface area (Å²) in [5.41, 5.74) is 6.04. The smallest absolute Gasteiger partial charge is 0.219 e. The van der Waals surface area contributed by atoms with Gasteiger partial charge in [0.2, 0.25) is 5.91 Å². The van der Waals surface area contributed by atoms with Crippen molar-refractivity contribution in [2.24, 2.45) is 0 Å². The van der Waals surface area contributed by atoms with Gasteiger partial charge in [-0.15, -0.1) is 0 Å². The molecule has 8 heteroatoms. The Morgan fingerprint density at radius 3 is 2.86 bits per heavy atom. The molecule has 0 radical (unpaired) electrons. The second kappa shape index (κ2) is 6.85. The molecular formula is C20H21N7O. The highest BCUT2D eigenvalue weighted by Gasteiger charge is 2.30. The summed E-state index contributed by atoms with van der Waals surface area (Å²) in [7, 11) is 0. The fourth-order valence-electron chi connectivity index (χ4n) is 3.84. The van der Waals surface area contributed by atoms with Crippen LogP contribution in [0.2, 0.25) is 0 Å². The van der Waals surface area contributed by atoms with Gasteiger partial charge in [0.1, 0.15) is 0 Å². The normalized spacial score (nSPS) is 15.8. The number of H-pyrrole nitrogens is 2. The summed E-state index contributed by atoms with van der Waals surface area (Å²) in [5, 5.41) is 27.3. The van der Waals surface area contributed by atoms with Crippen LogP contribution in [0.25, 0.3) is 11.1 Å². The number of hydrogen-bond acceptors (Lipinski definition) is 5. The van der Waals surface area contributed by atoms with Crippen LogP contribution >= 0.6 is 0 Å². The number of amides is 1. The molecule has 1 aromatic carbocycles. The van der Waals surface area contributed by atoms with Crippen molar-refractivity contribution in [3.05, 3.63) is 46.9 Å². The van der Waals surface area contributed by atoms with Crippen molar-refractivity contribution < 1.29 is 4.79 Å². The topological polar surface area (TPSA) is 113 Å². The van der Waals surface area contributed by atoms with Gasteiger partial charge in [0.25, 0.3) is 0 Å². The van der Waals surface area contributed by atoms with Crippen LogP contribution in [-0.4, -0.2) is 37.7 Å². The summed E-state index contributed by atoms with van der Waals surface area (Å²) in [6, 6.07) is 7.73. The van der Waals surface area contributed by atoms with Crippen molar-refractivity contribution in [1.82, 2.24) is 25.3 Å². The number of fused-ring (bicyclic) bond motifs is 1. The number of benzene rings is 1. The number of aromatic nitrogens is 4. The molecule has 1 aliphatic heterocycles. The minimum absolute atomic E-state index is 0.0505. The molecule has 1 atom stereocenters. The summed E-state index contributed by atoms with van der Waals surface area (Å²) < 4.78 is 0. The van der Waals surface area contributed by atoms with E-state index in [2.05, 4.69) is 31.8 Å². The molecule has 0 aliphatic carbocycles.